The zero-order valence-corrected chi connectivity index (χ0v) is 11.6. The lowest BCUT2D eigenvalue weighted by atomic mass is 9.99. The van der Waals surface area contributed by atoms with Gasteiger partial charge in [-0.2, -0.15) is 0 Å². The third-order valence-corrected chi connectivity index (χ3v) is 3.85. The van der Waals surface area contributed by atoms with Crippen LogP contribution in [0.25, 0.3) is 0 Å². The summed E-state index contributed by atoms with van der Waals surface area (Å²) < 4.78 is 13.3. The first-order chi connectivity index (χ1) is 9.74. The van der Waals surface area contributed by atoms with Gasteiger partial charge < -0.3 is 10.6 Å². The molecular weight excluding hydrogens is 251 g/mol. The molecule has 2 aromatic carbocycles. The van der Waals surface area contributed by atoms with Crippen molar-refractivity contribution in [1.29, 1.82) is 0 Å². The van der Waals surface area contributed by atoms with Gasteiger partial charge in [0, 0.05) is 12.2 Å². The SMILES string of the molecule is Cc1cc(NC2CCNCc3ccccc32)ccc1F. The quantitative estimate of drug-likeness (QED) is 0.867. The normalized spacial score (nSPS) is 18.2. The van der Waals surface area contributed by atoms with E-state index < -0.39 is 0 Å². The van der Waals surface area contributed by atoms with Crippen molar-refractivity contribution in [2.45, 2.75) is 25.9 Å². The minimum Gasteiger partial charge on any atom is -0.378 e. The van der Waals surface area contributed by atoms with Crippen LogP contribution in [0.1, 0.15) is 29.2 Å². The Hall–Kier alpha value is -1.87. The van der Waals surface area contributed by atoms with E-state index in [-0.39, 0.29) is 11.9 Å². The third-order valence-electron chi connectivity index (χ3n) is 3.85. The molecular formula is C17H19FN2. The number of benzene rings is 2. The second kappa shape index (κ2) is 5.63. The third kappa shape index (κ3) is 2.68. The average molecular weight is 270 g/mol. The maximum atomic E-state index is 13.3. The van der Waals surface area contributed by atoms with Crippen LogP contribution in [0.4, 0.5) is 10.1 Å². The highest BCUT2D eigenvalue weighted by Crippen LogP contribution is 2.28. The lowest BCUT2D eigenvalue weighted by Gasteiger charge is -2.20. The van der Waals surface area contributed by atoms with Crippen molar-refractivity contribution in [2.24, 2.45) is 0 Å². The zero-order chi connectivity index (χ0) is 13.9. The van der Waals surface area contributed by atoms with E-state index in [4.69, 9.17) is 0 Å². The number of hydrogen-bond acceptors (Lipinski definition) is 2. The van der Waals surface area contributed by atoms with Gasteiger partial charge in [-0.1, -0.05) is 24.3 Å². The molecule has 1 heterocycles. The van der Waals surface area contributed by atoms with E-state index in [9.17, 15) is 4.39 Å². The molecule has 104 valence electrons. The summed E-state index contributed by atoms with van der Waals surface area (Å²) in [5, 5.41) is 6.98. The van der Waals surface area contributed by atoms with E-state index in [2.05, 4.69) is 34.9 Å². The van der Waals surface area contributed by atoms with E-state index in [0.717, 1.165) is 25.2 Å². The molecule has 0 radical (unpaired) electrons. The van der Waals surface area contributed by atoms with Crippen LogP contribution in [0, 0.1) is 12.7 Å². The van der Waals surface area contributed by atoms with Crippen LogP contribution in [-0.2, 0) is 6.54 Å². The summed E-state index contributed by atoms with van der Waals surface area (Å²) in [5.41, 5.74) is 4.32. The fourth-order valence-corrected chi connectivity index (χ4v) is 2.75. The Morgan fingerprint density at radius 1 is 1.20 bits per heavy atom. The number of nitrogens with one attached hydrogen (secondary N) is 2. The summed E-state index contributed by atoms with van der Waals surface area (Å²) in [6.07, 6.45) is 1.02. The monoisotopic (exact) mass is 270 g/mol. The molecule has 20 heavy (non-hydrogen) atoms. The topological polar surface area (TPSA) is 24.1 Å². The summed E-state index contributed by atoms with van der Waals surface area (Å²) >= 11 is 0. The molecule has 1 aliphatic rings. The second-order valence-electron chi connectivity index (χ2n) is 5.33. The van der Waals surface area contributed by atoms with Crippen LogP contribution < -0.4 is 10.6 Å². The van der Waals surface area contributed by atoms with Gasteiger partial charge in [-0.05, 0) is 54.8 Å². The molecule has 0 amide bonds. The van der Waals surface area contributed by atoms with Crippen LogP contribution in [0.5, 0.6) is 0 Å². The van der Waals surface area contributed by atoms with Crippen molar-refractivity contribution in [3.8, 4) is 0 Å². The van der Waals surface area contributed by atoms with Crippen LogP contribution in [0.15, 0.2) is 42.5 Å². The van der Waals surface area contributed by atoms with Crippen LogP contribution in [-0.4, -0.2) is 6.54 Å². The number of anilines is 1. The largest absolute Gasteiger partial charge is 0.378 e. The van der Waals surface area contributed by atoms with Crippen molar-refractivity contribution in [2.75, 3.05) is 11.9 Å². The molecule has 0 bridgehead atoms. The summed E-state index contributed by atoms with van der Waals surface area (Å²) in [5.74, 6) is -0.154. The standard InChI is InChI=1S/C17H19FN2/c1-12-10-14(6-7-16(12)18)20-17-8-9-19-11-13-4-2-3-5-15(13)17/h2-7,10,17,19-20H,8-9,11H2,1H3. The van der Waals surface area contributed by atoms with Crippen molar-refractivity contribution < 1.29 is 4.39 Å². The van der Waals surface area contributed by atoms with Gasteiger partial charge in [-0.3, -0.25) is 0 Å². The van der Waals surface area contributed by atoms with E-state index in [1.54, 1.807) is 6.92 Å². The van der Waals surface area contributed by atoms with Gasteiger partial charge in [0.05, 0.1) is 6.04 Å². The van der Waals surface area contributed by atoms with E-state index in [1.165, 1.54) is 17.2 Å². The lowest BCUT2D eigenvalue weighted by Crippen LogP contribution is -2.15. The fourth-order valence-electron chi connectivity index (χ4n) is 2.75. The number of hydrogen-bond donors (Lipinski definition) is 2. The number of aryl methyl sites for hydroxylation is 1. The molecule has 0 spiro atoms. The molecule has 0 saturated carbocycles. The maximum absolute atomic E-state index is 13.3. The Bertz CT molecular complexity index is 610. The van der Waals surface area contributed by atoms with Crippen LogP contribution in [0.3, 0.4) is 0 Å². The van der Waals surface area contributed by atoms with E-state index in [0.29, 0.717) is 5.56 Å². The Morgan fingerprint density at radius 2 is 2.05 bits per heavy atom. The average Bonchev–Trinajstić information content (AvgIpc) is 2.66. The molecule has 1 unspecified atom stereocenters. The van der Waals surface area contributed by atoms with Gasteiger partial charge in [0.1, 0.15) is 5.82 Å². The Morgan fingerprint density at radius 3 is 2.90 bits per heavy atom. The minimum atomic E-state index is -0.154. The molecule has 2 N–H and O–H groups in total. The van der Waals surface area contributed by atoms with E-state index >= 15 is 0 Å². The van der Waals surface area contributed by atoms with Gasteiger partial charge in [0.15, 0.2) is 0 Å². The molecule has 0 saturated heterocycles. The smallest absolute Gasteiger partial charge is 0.126 e. The minimum absolute atomic E-state index is 0.154. The Balaban J connectivity index is 1.88. The van der Waals surface area contributed by atoms with Crippen molar-refractivity contribution in [1.82, 2.24) is 5.32 Å². The molecule has 2 aromatic rings. The van der Waals surface area contributed by atoms with Crippen LogP contribution in [0.2, 0.25) is 0 Å². The maximum Gasteiger partial charge on any atom is 0.126 e. The highest BCUT2D eigenvalue weighted by atomic mass is 19.1. The summed E-state index contributed by atoms with van der Waals surface area (Å²) in [6.45, 7) is 3.69. The molecule has 1 atom stereocenters. The van der Waals surface area contributed by atoms with Gasteiger partial charge in [-0.15, -0.1) is 0 Å². The predicted molar refractivity (Wildman–Crippen MR) is 80.3 cm³/mol. The Kier molecular flexibility index (Phi) is 3.70. The first-order valence-electron chi connectivity index (χ1n) is 7.05. The van der Waals surface area contributed by atoms with Gasteiger partial charge in [0.2, 0.25) is 0 Å². The number of halogens is 1. The van der Waals surface area contributed by atoms with Crippen molar-refractivity contribution in [3.05, 3.63) is 65.0 Å². The first kappa shape index (κ1) is 13.1. The van der Waals surface area contributed by atoms with Crippen molar-refractivity contribution >= 4 is 5.69 Å². The summed E-state index contributed by atoms with van der Waals surface area (Å²) in [4.78, 5) is 0. The molecule has 0 aromatic heterocycles. The summed E-state index contributed by atoms with van der Waals surface area (Å²) in [6, 6.07) is 14.0. The number of fused-ring (bicyclic) bond motifs is 1. The van der Waals surface area contributed by atoms with Crippen LogP contribution >= 0.6 is 0 Å². The molecule has 0 fully saturated rings. The summed E-state index contributed by atoms with van der Waals surface area (Å²) in [7, 11) is 0. The zero-order valence-electron chi connectivity index (χ0n) is 11.6. The van der Waals surface area contributed by atoms with Gasteiger partial charge >= 0.3 is 0 Å². The molecule has 0 aliphatic carbocycles. The molecule has 2 nitrogen and oxygen atoms in total. The molecule has 3 rings (SSSR count). The second-order valence-corrected chi connectivity index (χ2v) is 5.33. The number of rotatable bonds is 2. The fraction of sp³-hybridized carbons (Fsp3) is 0.294. The first-order valence-corrected chi connectivity index (χ1v) is 7.05. The van der Waals surface area contributed by atoms with Crippen molar-refractivity contribution in [3.63, 3.8) is 0 Å². The lowest BCUT2D eigenvalue weighted by molar-refractivity contribution is 0.617. The van der Waals surface area contributed by atoms with E-state index in [1.807, 2.05) is 12.1 Å². The Labute approximate surface area is 119 Å². The highest BCUT2D eigenvalue weighted by Gasteiger charge is 2.17. The molecule has 3 heteroatoms. The van der Waals surface area contributed by atoms with Gasteiger partial charge in [-0.25, -0.2) is 4.39 Å². The van der Waals surface area contributed by atoms with Gasteiger partial charge in [0.25, 0.3) is 0 Å². The predicted octanol–water partition coefficient (Wildman–Crippen LogP) is 3.78. The highest BCUT2D eigenvalue weighted by molar-refractivity contribution is 5.49. The molecule has 1 aliphatic heterocycles.